The number of nitrogens with one attached hydrogen (secondary N) is 1. The summed E-state index contributed by atoms with van der Waals surface area (Å²) in [4.78, 5) is 12.3. The average Bonchev–Trinajstić information content (AvgIpc) is 2.38. The van der Waals surface area contributed by atoms with E-state index in [1.807, 2.05) is 43.3 Å². The van der Waals surface area contributed by atoms with Crippen molar-refractivity contribution in [2.24, 2.45) is 0 Å². The molecule has 0 aromatic heterocycles. The molecule has 0 atom stereocenters. The number of halogens is 3. The lowest BCUT2D eigenvalue weighted by Gasteiger charge is -2.11. The van der Waals surface area contributed by atoms with Crippen molar-refractivity contribution >= 4 is 66.0 Å². The lowest BCUT2D eigenvalue weighted by atomic mass is 10.1. The fraction of sp³-hybridized carbons (Fsp3) is 0.0714. The summed E-state index contributed by atoms with van der Waals surface area (Å²) in [7, 11) is 0. The van der Waals surface area contributed by atoms with E-state index in [4.69, 9.17) is 0 Å². The monoisotopic (exact) mass is 493 g/mol. The second-order valence-electron chi connectivity index (χ2n) is 3.99. The standard InChI is InChI=1S/C14H10Br2INO/c1-8-11(15)3-2-4-13(8)18-14(19)10-7-9(17)5-6-12(10)16/h2-7H,1H3,(H,18,19). The Labute approximate surface area is 142 Å². The zero-order valence-corrected chi connectivity index (χ0v) is 15.3. The molecule has 2 aromatic rings. The van der Waals surface area contributed by atoms with Crippen LogP contribution in [0.15, 0.2) is 45.3 Å². The molecule has 0 fully saturated rings. The minimum atomic E-state index is -0.119. The molecule has 0 aliphatic rings. The van der Waals surface area contributed by atoms with Crippen LogP contribution in [0.4, 0.5) is 5.69 Å². The Kier molecular flexibility index (Phi) is 5.03. The van der Waals surface area contributed by atoms with E-state index in [2.05, 4.69) is 59.8 Å². The normalized spacial score (nSPS) is 10.3. The molecule has 2 nitrogen and oxygen atoms in total. The Morgan fingerprint density at radius 3 is 2.63 bits per heavy atom. The first kappa shape index (κ1) is 15.0. The summed E-state index contributed by atoms with van der Waals surface area (Å²) >= 11 is 9.05. The number of hydrogen-bond donors (Lipinski definition) is 1. The molecule has 0 bridgehead atoms. The maximum Gasteiger partial charge on any atom is 0.256 e. The molecule has 2 rings (SSSR count). The van der Waals surface area contributed by atoms with Crippen LogP contribution in [0.3, 0.4) is 0 Å². The predicted molar refractivity (Wildman–Crippen MR) is 93.7 cm³/mol. The van der Waals surface area contributed by atoms with Gasteiger partial charge in [-0.2, -0.15) is 0 Å². The molecular formula is C14H10Br2INO. The quantitative estimate of drug-likeness (QED) is 0.558. The average molecular weight is 495 g/mol. The van der Waals surface area contributed by atoms with Crippen molar-refractivity contribution in [2.75, 3.05) is 5.32 Å². The van der Waals surface area contributed by atoms with Crippen LogP contribution in [0.2, 0.25) is 0 Å². The smallest absolute Gasteiger partial charge is 0.256 e. The van der Waals surface area contributed by atoms with E-state index in [-0.39, 0.29) is 5.91 Å². The molecule has 2 aromatic carbocycles. The molecule has 0 unspecified atom stereocenters. The second kappa shape index (κ2) is 6.37. The summed E-state index contributed by atoms with van der Waals surface area (Å²) in [5.41, 5.74) is 2.45. The number of amides is 1. The van der Waals surface area contributed by atoms with Crippen LogP contribution in [-0.2, 0) is 0 Å². The fourth-order valence-electron chi connectivity index (χ4n) is 1.60. The fourth-order valence-corrected chi connectivity index (χ4v) is 2.89. The first-order valence-electron chi connectivity index (χ1n) is 5.50. The van der Waals surface area contributed by atoms with Crippen molar-refractivity contribution in [2.45, 2.75) is 6.92 Å². The van der Waals surface area contributed by atoms with Gasteiger partial charge in [-0.3, -0.25) is 4.79 Å². The number of carbonyl (C=O) groups is 1. The van der Waals surface area contributed by atoms with Gasteiger partial charge in [0.2, 0.25) is 0 Å². The molecule has 0 radical (unpaired) electrons. The number of hydrogen-bond acceptors (Lipinski definition) is 1. The number of rotatable bonds is 2. The third kappa shape index (κ3) is 3.58. The van der Waals surface area contributed by atoms with E-state index in [9.17, 15) is 4.79 Å². The molecule has 1 amide bonds. The Balaban J connectivity index is 2.31. The molecule has 98 valence electrons. The van der Waals surface area contributed by atoms with Gasteiger partial charge in [0.15, 0.2) is 0 Å². The largest absolute Gasteiger partial charge is 0.322 e. The Morgan fingerprint density at radius 1 is 1.16 bits per heavy atom. The van der Waals surface area contributed by atoms with E-state index < -0.39 is 0 Å². The van der Waals surface area contributed by atoms with Crippen molar-refractivity contribution in [3.05, 3.63) is 60.0 Å². The Bertz CT molecular complexity index is 643. The van der Waals surface area contributed by atoms with Crippen molar-refractivity contribution in [3.8, 4) is 0 Å². The van der Waals surface area contributed by atoms with Gasteiger partial charge in [-0.1, -0.05) is 22.0 Å². The van der Waals surface area contributed by atoms with Crippen LogP contribution >= 0.6 is 54.5 Å². The van der Waals surface area contributed by atoms with Crippen LogP contribution in [0.1, 0.15) is 15.9 Å². The molecule has 0 heterocycles. The van der Waals surface area contributed by atoms with Gasteiger partial charge < -0.3 is 5.32 Å². The Hall–Kier alpha value is -0.400. The van der Waals surface area contributed by atoms with Gasteiger partial charge in [-0.05, 0) is 81.3 Å². The number of anilines is 1. The van der Waals surface area contributed by atoms with Gasteiger partial charge >= 0.3 is 0 Å². The summed E-state index contributed by atoms with van der Waals surface area (Å²) in [6.07, 6.45) is 0. The highest BCUT2D eigenvalue weighted by atomic mass is 127. The van der Waals surface area contributed by atoms with Crippen molar-refractivity contribution in [3.63, 3.8) is 0 Å². The lowest BCUT2D eigenvalue weighted by Crippen LogP contribution is -2.13. The molecule has 0 spiro atoms. The lowest BCUT2D eigenvalue weighted by molar-refractivity contribution is 0.102. The van der Waals surface area contributed by atoms with Crippen LogP contribution < -0.4 is 5.32 Å². The summed E-state index contributed by atoms with van der Waals surface area (Å²) in [5, 5.41) is 2.93. The third-order valence-electron chi connectivity index (χ3n) is 2.69. The van der Waals surface area contributed by atoms with Gasteiger partial charge in [0.05, 0.1) is 5.56 Å². The molecule has 1 N–H and O–H groups in total. The Morgan fingerprint density at radius 2 is 1.89 bits per heavy atom. The zero-order chi connectivity index (χ0) is 14.0. The zero-order valence-electron chi connectivity index (χ0n) is 10.0. The summed E-state index contributed by atoms with van der Waals surface area (Å²) < 4.78 is 2.79. The van der Waals surface area contributed by atoms with Gasteiger partial charge in [-0.15, -0.1) is 0 Å². The molecule has 0 saturated heterocycles. The highest BCUT2D eigenvalue weighted by Gasteiger charge is 2.12. The van der Waals surface area contributed by atoms with Crippen LogP contribution in [-0.4, -0.2) is 5.91 Å². The molecular weight excluding hydrogens is 485 g/mol. The second-order valence-corrected chi connectivity index (χ2v) is 6.94. The minimum Gasteiger partial charge on any atom is -0.322 e. The SMILES string of the molecule is Cc1c(Br)cccc1NC(=O)c1cc(I)ccc1Br. The predicted octanol–water partition coefficient (Wildman–Crippen LogP) is 5.38. The summed E-state index contributed by atoms with van der Waals surface area (Å²) in [6.45, 7) is 1.96. The molecule has 5 heteroatoms. The molecule has 0 saturated carbocycles. The first-order chi connectivity index (χ1) is 8.99. The van der Waals surface area contributed by atoms with Crippen molar-refractivity contribution in [1.29, 1.82) is 0 Å². The van der Waals surface area contributed by atoms with Gasteiger partial charge in [0.1, 0.15) is 0 Å². The van der Waals surface area contributed by atoms with E-state index in [1.54, 1.807) is 0 Å². The summed E-state index contributed by atoms with van der Waals surface area (Å²) in [6, 6.07) is 11.4. The third-order valence-corrected chi connectivity index (χ3v) is 4.91. The first-order valence-corrected chi connectivity index (χ1v) is 8.17. The van der Waals surface area contributed by atoms with E-state index in [0.29, 0.717) is 5.56 Å². The number of carbonyl (C=O) groups excluding carboxylic acids is 1. The van der Waals surface area contributed by atoms with Gasteiger partial charge in [0.25, 0.3) is 5.91 Å². The number of benzene rings is 2. The van der Waals surface area contributed by atoms with E-state index in [0.717, 1.165) is 23.8 Å². The van der Waals surface area contributed by atoms with Crippen molar-refractivity contribution < 1.29 is 4.79 Å². The molecule has 0 aliphatic heterocycles. The highest BCUT2D eigenvalue weighted by molar-refractivity contribution is 14.1. The summed E-state index contributed by atoms with van der Waals surface area (Å²) in [5.74, 6) is -0.119. The maximum absolute atomic E-state index is 12.3. The van der Waals surface area contributed by atoms with E-state index in [1.165, 1.54) is 0 Å². The van der Waals surface area contributed by atoms with Crippen LogP contribution in [0.25, 0.3) is 0 Å². The van der Waals surface area contributed by atoms with Crippen molar-refractivity contribution in [1.82, 2.24) is 0 Å². The van der Waals surface area contributed by atoms with Gasteiger partial charge in [0, 0.05) is 18.2 Å². The minimum absolute atomic E-state index is 0.119. The maximum atomic E-state index is 12.3. The topological polar surface area (TPSA) is 29.1 Å². The highest BCUT2D eigenvalue weighted by Crippen LogP contribution is 2.25. The van der Waals surface area contributed by atoms with Gasteiger partial charge in [-0.25, -0.2) is 0 Å². The molecule has 0 aliphatic carbocycles. The van der Waals surface area contributed by atoms with Crippen LogP contribution in [0.5, 0.6) is 0 Å². The molecule has 19 heavy (non-hydrogen) atoms. The van der Waals surface area contributed by atoms with Crippen LogP contribution in [0, 0.1) is 10.5 Å². The van der Waals surface area contributed by atoms with E-state index >= 15 is 0 Å².